The summed E-state index contributed by atoms with van der Waals surface area (Å²) >= 11 is 0. The Bertz CT molecular complexity index is 961. The molecule has 0 radical (unpaired) electrons. The van der Waals surface area contributed by atoms with Crippen LogP contribution in [0.5, 0.6) is 0 Å². The van der Waals surface area contributed by atoms with Gasteiger partial charge in [0.2, 0.25) is 11.9 Å². The molecule has 0 atom stereocenters. The van der Waals surface area contributed by atoms with Crippen molar-refractivity contribution in [3.8, 4) is 0 Å². The fraction of sp³-hybridized carbons (Fsp3) is 0.346. The standard InChI is InChI=1S/C26H31N5O/c1-31(2)23-17-18-27-26(30-23)29-22-15-13-21(14-16-22)28-25(32)24(19-9-5-3-6-10-19)20-11-7-4-8-12-20/h3-12,17-18,21-22,24H,13-16H2,1-2H3,(H,28,32)(H,27,29,30). The molecular weight excluding hydrogens is 398 g/mol. The fourth-order valence-electron chi connectivity index (χ4n) is 4.30. The van der Waals surface area contributed by atoms with Gasteiger partial charge in [0.25, 0.3) is 0 Å². The minimum absolute atomic E-state index is 0.0702. The zero-order valence-corrected chi connectivity index (χ0v) is 18.7. The van der Waals surface area contributed by atoms with Gasteiger partial charge in [0, 0.05) is 32.4 Å². The second kappa shape index (κ2) is 10.3. The Hall–Kier alpha value is -3.41. The molecule has 4 rings (SSSR count). The summed E-state index contributed by atoms with van der Waals surface area (Å²) < 4.78 is 0. The molecule has 0 saturated heterocycles. The quantitative estimate of drug-likeness (QED) is 0.589. The molecule has 32 heavy (non-hydrogen) atoms. The maximum absolute atomic E-state index is 13.3. The second-order valence-corrected chi connectivity index (χ2v) is 8.59. The summed E-state index contributed by atoms with van der Waals surface area (Å²) in [7, 11) is 3.94. The largest absolute Gasteiger partial charge is 0.363 e. The lowest BCUT2D eigenvalue weighted by Crippen LogP contribution is -2.42. The minimum Gasteiger partial charge on any atom is -0.363 e. The van der Waals surface area contributed by atoms with Crippen molar-refractivity contribution in [1.29, 1.82) is 0 Å². The van der Waals surface area contributed by atoms with E-state index in [1.807, 2.05) is 85.7 Å². The molecule has 0 spiro atoms. The van der Waals surface area contributed by atoms with Gasteiger partial charge in [0.05, 0.1) is 5.92 Å². The van der Waals surface area contributed by atoms with Gasteiger partial charge in [-0.05, 0) is 42.9 Å². The van der Waals surface area contributed by atoms with Crippen LogP contribution < -0.4 is 15.5 Å². The minimum atomic E-state index is -0.296. The topological polar surface area (TPSA) is 70.2 Å². The Morgan fingerprint density at radius 3 is 2.00 bits per heavy atom. The normalized spacial score (nSPS) is 18.2. The number of rotatable bonds is 7. The van der Waals surface area contributed by atoms with Crippen molar-refractivity contribution in [1.82, 2.24) is 15.3 Å². The maximum atomic E-state index is 13.3. The average Bonchev–Trinajstić information content (AvgIpc) is 2.82. The lowest BCUT2D eigenvalue weighted by molar-refractivity contribution is -0.122. The third-order valence-corrected chi connectivity index (χ3v) is 6.03. The summed E-state index contributed by atoms with van der Waals surface area (Å²) in [6.45, 7) is 0. The fourth-order valence-corrected chi connectivity index (χ4v) is 4.30. The van der Waals surface area contributed by atoms with Crippen LogP contribution in [-0.2, 0) is 4.79 Å². The van der Waals surface area contributed by atoms with Crippen LogP contribution >= 0.6 is 0 Å². The molecule has 1 saturated carbocycles. The SMILES string of the molecule is CN(C)c1ccnc(NC2CCC(NC(=O)C(c3ccccc3)c3ccccc3)CC2)n1. The molecule has 2 N–H and O–H groups in total. The zero-order valence-electron chi connectivity index (χ0n) is 18.7. The van der Waals surface area contributed by atoms with Crippen LogP contribution in [0.1, 0.15) is 42.7 Å². The number of nitrogens with one attached hydrogen (secondary N) is 2. The lowest BCUT2D eigenvalue weighted by atomic mass is 9.88. The summed E-state index contributed by atoms with van der Waals surface area (Å²) in [4.78, 5) is 24.2. The van der Waals surface area contributed by atoms with Crippen molar-refractivity contribution >= 4 is 17.7 Å². The number of carbonyl (C=O) groups is 1. The van der Waals surface area contributed by atoms with Gasteiger partial charge in [-0.3, -0.25) is 4.79 Å². The number of nitrogens with zero attached hydrogens (tertiary/aromatic N) is 3. The molecular formula is C26H31N5O. The van der Waals surface area contributed by atoms with Gasteiger partial charge < -0.3 is 15.5 Å². The van der Waals surface area contributed by atoms with Crippen molar-refractivity contribution < 1.29 is 4.79 Å². The van der Waals surface area contributed by atoms with Crippen LogP contribution in [0.25, 0.3) is 0 Å². The van der Waals surface area contributed by atoms with Gasteiger partial charge in [0.15, 0.2) is 0 Å². The molecule has 3 aromatic rings. The number of aromatic nitrogens is 2. The summed E-state index contributed by atoms with van der Waals surface area (Å²) in [5.74, 6) is 1.32. The Labute approximate surface area is 190 Å². The van der Waals surface area contributed by atoms with Crippen LogP contribution in [0.2, 0.25) is 0 Å². The Morgan fingerprint density at radius 1 is 0.875 bits per heavy atom. The Balaban J connectivity index is 1.36. The van der Waals surface area contributed by atoms with Crippen molar-refractivity contribution in [2.45, 2.75) is 43.7 Å². The predicted octanol–water partition coefficient (Wildman–Crippen LogP) is 4.21. The van der Waals surface area contributed by atoms with Crippen LogP contribution in [0.4, 0.5) is 11.8 Å². The average molecular weight is 430 g/mol. The first kappa shape index (κ1) is 21.8. The number of anilines is 2. The number of hydrogen-bond acceptors (Lipinski definition) is 5. The summed E-state index contributed by atoms with van der Waals surface area (Å²) in [5, 5.41) is 6.78. The molecule has 1 aliphatic carbocycles. The monoisotopic (exact) mass is 429 g/mol. The third kappa shape index (κ3) is 5.44. The first-order valence-corrected chi connectivity index (χ1v) is 11.3. The number of amides is 1. The highest BCUT2D eigenvalue weighted by molar-refractivity contribution is 5.87. The number of benzene rings is 2. The van der Waals surface area contributed by atoms with E-state index in [1.165, 1.54) is 0 Å². The molecule has 0 aliphatic heterocycles. The predicted molar refractivity (Wildman–Crippen MR) is 129 cm³/mol. The van der Waals surface area contributed by atoms with E-state index >= 15 is 0 Å². The maximum Gasteiger partial charge on any atom is 0.232 e. The molecule has 1 amide bonds. The van der Waals surface area contributed by atoms with Gasteiger partial charge in [-0.2, -0.15) is 4.98 Å². The highest BCUT2D eigenvalue weighted by Crippen LogP contribution is 2.27. The molecule has 1 aliphatic rings. The molecule has 1 aromatic heterocycles. The molecule has 6 heteroatoms. The van der Waals surface area contributed by atoms with E-state index in [2.05, 4.69) is 20.6 Å². The number of carbonyl (C=O) groups excluding carboxylic acids is 1. The molecule has 0 bridgehead atoms. The van der Waals surface area contributed by atoms with Gasteiger partial charge in [-0.15, -0.1) is 0 Å². The first-order chi connectivity index (χ1) is 15.6. The highest BCUT2D eigenvalue weighted by Gasteiger charge is 2.27. The smallest absolute Gasteiger partial charge is 0.232 e. The van der Waals surface area contributed by atoms with Crippen LogP contribution in [0.15, 0.2) is 72.9 Å². The van der Waals surface area contributed by atoms with E-state index in [-0.39, 0.29) is 17.9 Å². The van der Waals surface area contributed by atoms with Gasteiger partial charge >= 0.3 is 0 Å². The van der Waals surface area contributed by atoms with E-state index in [4.69, 9.17) is 0 Å². The molecule has 6 nitrogen and oxygen atoms in total. The van der Waals surface area contributed by atoms with Crippen molar-refractivity contribution in [3.63, 3.8) is 0 Å². The summed E-state index contributed by atoms with van der Waals surface area (Å²) in [5.41, 5.74) is 2.04. The van der Waals surface area contributed by atoms with Crippen molar-refractivity contribution in [2.75, 3.05) is 24.3 Å². The second-order valence-electron chi connectivity index (χ2n) is 8.59. The van der Waals surface area contributed by atoms with Gasteiger partial charge in [-0.1, -0.05) is 60.7 Å². The van der Waals surface area contributed by atoms with E-state index < -0.39 is 0 Å². The summed E-state index contributed by atoms with van der Waals surface area (Å²) in [6, 6.07) is 22.4. The van der Waals surface area contributed by atoms with E-state index in [0.717, 1.165) is 42.6 Å². The molecule has 2 aromatic carbocycles. The summed E-state index contributed by atoms with van der Waals surface area (Å²) in [6.07, 6.45) is 5.60. The van der Waals surface area contributed by atoms with Crippen LogP contribution in [0.3, 0.4) is 0 Å². The van der Waals surface area contributed by atoms with E-state index in [0.29, 0.717) is 12.0 Å². The van der Waals surface area contributed by atoms with Crippen molar-refractivity contribution in [2.24, 2.45) is 0 Å². The third-order valence-electron chi connectivity index (χ3n) is 6.03. The Kier molecular flexibility index (Phi) is 7.00. The first-order valence-electron chi connectivity index (χ1n) is 11.3. The van der Waals surface area contributed by atoms with E-state index in [9.17, 15) is 4.79 Å². The van der Waals surface area contributed by atoms with E-state index in [1.54, 1.807) is 6.20 Å². The number of hydrogen-bond donors (Lipinski definition) is 2. The molecule has 1 fully saturated rings. The van der Waals surface area contributed by atoms with Crippen molar-refractivity contribution in [3.05, 3.63) is 84.1 Å². The zero-order chi connectivity index (χ0) is 22.3. The van der Waals surface area contributed by atoms with Crippen LogP contribution in [-0.4, -0.2) is 42.1 Å². The lowest BCUT2D eigenvalue weighted by Gasteiger charge is -2.31. The highest BCUT2D eigenvalue weighted by atomic mass is 16.1. The van der Waals surface area contributed by atoms with Crippen LogP contribution in [0, 0.1) is 0 Å². The van der Waals surface area contributed by atoms with Gasteiger partial charge in [-0.25, -0.2) is 4.98 Å². The Morgan fingerprint density at radius 2 is 1.44 bits per heavy atom. The molecule has 0 unspecified atom stereocenters. The molecule has 1 heterocycles. The molecule has 166 valence electrons. The van der Waals surface area contributed by atoms with Gasteiger partial charge in [0.1, 0.15) is 5.82 Å².